The summed E-state index contributed by atoms with van der Waals surface area (Å²) in [5, 5.41) is 0. The molecule has 0 aromatic rings. The van der Waals surface area contributed by atoms with Gasteiger partial charge in [0.15, 0.2) is 0 Å². The molecule has 0 saturated heterocycles. The van der Waals surface area contributed by atoms with E-state index in [-0.39, 0.29) is 11.6 Å². The number of ether oxygens (including phenoxy) is 1. The average molecular weight is 243 g/mol. The Morgan fingerprint density at radius 1 is 1.24 bits per heavy atom. The fraction of sp³-hybridized carbons (Fsp3) is 0.929. The predicted octanol–water partition coefficient (Wildman–Crippen LogP) is 3.09. The summed E-state index contributed by atoms with van der Waals surface area (Å²) in [6.07, 6.45) is 2.20. The van der Waals surface area contributed by atoms with Crippen molar-refractivity contribution in [1.29, 1.82) is 0 Å². The molecule has 0 N–H and O–H groups in total. The van der Waals surface area contributed by atoms with Gasteiger partial charge in [-0.15, -0.1) is 0 Å². The van der Waals surface area contributed by atoms with Crippen molar-refractivity contribution in [3.63, 3.8) is 0 Å². The van der Waals surface area contributed by atoms with E-state index in [0.717, 1.165) is 25.9 Å². The second-order valence-corrected chi connectivity index (χ2v) is 6.05. The summed E-state index contributed by atoms with van der Waals surface area (Å²) in [6, 6.07) is 0. The van der Waals surface area contributed by atoms with Crippen LogP contribution >= 0.6 is 0 Å². The Balaban J connectivity index is 4.10. The molecule has 0 aliphatic rings. The van der Waals surface area contributed by atoms with Crippen LogP contribution in [0.5, 0.6) is 0 Å². The third kappa shape index (κ3) is 10.3. The molecule has 0 radical (unpaired) electrons. The summed E-state index contributed by atoms with van der Waals surface area (Å²) in [6.45, 7) is 14.6. The van der Waals surface area contributed by atoms with Crippen molar-refractivity contribution in [1.82, 2.24) is 4.90 Å². The van der Waals surface area contributed by atoms with Crippen LogP contribution in [-0.2, 0) is 9.53 Å². The van der Waals surface area contributed by atoms with Gasteiger partial charge < -0.3 is 4.74 Å². The van der Waals surface area contributed by atoms with Crippen LogP contribution in [-0.4, -0.2) is 36.1 Å². The lowest BCUT2D eigenvalue weighted by Gasteiger charge is -2.25. The van der Waals surface area contributed by atoms with Crippen LogP contribution < -0.4 is 0 Å². The smallest absolute Gasteiger partial charge is 0.320 e. The van der Waals surface area contributed by atoms with Gasteiger partial charge in [-0.05, 0) is 52.6 Å². The molecule has 0 bridgehead atoms. The van der Waals surface area contributed by atoms with E-state index < -0.39 is 0 Å². The van der Waals surface area contributed by atoms with Crippen LogP contribution in [0.15, 0.2) is 0 Å². The fourth-order valence-corrected chi connectivity index (χ4v) is 1.58. The van der Waals surface area contributed by atoms with Crippen molar-refractivity contribution in [3.05, 3.63) is 0 Å². The van der Waals surface area contributed by atoms with Crippen LogP contribution in [0.25, 0.3) is 0 Å². The lowest BCUT2D eigenvalue weighted by Crippen LogP contribution is -2.36. The standard InChI is InChI=1S/C14H29NO2/c1-7-9-15(10-8-12(2)3)11-13(16)17-14(4,5)6/h12H,7-11H2,1-6H3. The Morgan fingerprint density at radius 2 is 1.82 bits per heavy atom. The second-order valence-electron chi connectivity index (χ2n) is 6.05. The summed E-state index contributed by atoms with van der Waals surface area (Å²) in [4.78, 5) is 13.9. The second kappa shape index (κ2) is 7.70. The molecule has 0 fully saturated rings. The first kappa shape index (κ1) is 16.4. The highest BCUT2D eigenvalue weighted by Gasteiger charge is 2.18. The molecule has 0 aromatic carbocycles. The quantitative estimate of drug-likeness (QED) is 0.644. The SMILES string of the molecule is CCCN(CCC(C)C)CC(=O)OC(C)(C)C. The lowest BCUT2D eigenvalue weighted by molar-refractivity contribution is -0.156. The topological polar surface area (TPSA) is 29.5 Å². The van der Waals surface area contributed by atoms with Crippen LogP contribution in [0.2, 0.25) is 0 Å². The molecule has 0 amide bonds. The third-order valence-electron chi connectivity index (χ3n) is 2.34. The van der Waals surface area contributed by atoms with Gasteiger partial charge in [-0.3, -0.25) is 9.69 Å². The fourth-order valence-electron chi connectivity index (χ4n) is 1.58. The van der Waals surface area contributed by atoms with Gasteiger partial charge in [-0.2, -0.15) is 0 Å². The number of hydrogen-bond donors (Lipinski definition) is 0. The van der Waals surface area contributed by atoms with E-state index >= 15 is 0 Å². The van der Waals surface area contributed by atoms with Gasteiger partial charge >= 0.3 is 5.97 Å². The first-order valence-corrected chi connectivity index (χ1v) is 6.68. The van der Waals surface area contributed by atoms with Gasteiger partial charge in [-0.25, -0.2) is 0 Å². The molecule has 0 aliphatic heterocycles. The Morgan fingerprint density at radius 3 is 2.24 bits per heavy atom. The highest BCUT2D eigenvalue weighted by atomic mass is 16.6. The summed E-state index contributed by atoms with van der Waals surface area (Å²) >= 11 is 0. The number of carbonyl (C=O) groups excluding carboxylic acids is 1. The minimum Gasteiger partial charge on any atom is -0.459 e. The zero-order valence-electron chi connectivity index (χ0n) is 12.4. The van der Waals surface area contributed by atoms with Gasteiger partial charge in [0.2, 0.25) is 0 Å². The minimum absolute atomic E-state index is 0.116. The zero-order chi connectivity index (χ0) is 13.5. The Hall–Kier alpha value is -0.570. The Labute approximate surface area is 107 Å². The number of hydrogen-bond acceptors (Lipinski definition) is 3. The van der Waals surface area contributed by atoms with Crippen molar-refractivity contribution in [2.75, 3.05) is 19.6 Å². The van der Waals surface area contributed by atoms with E-state index in [1.165, 1.54) is 0 Å². The molecule has 0 aromatic heterocycles. The van der Waals surface area contributed by atoms with Crippen molar-refractivity contribution < 1.29 is 9.53 Å². The van der Waals surface area contributed by atoms with Crippen LogP contribution in [0.3, 0.4) is 0 Å². The number of esters is 1. The summed E-state index contributed by atoms with van der Waals surface area (Å²) < 4.78 is 5.34. The molecule has 3 heteroatoms. The van der Waals surface area contributed by atoms with Crippen LogP contribution in [0, 0.1) is 5.92 Å². The van der Waals surface area contributed by atoms with Crippen LogP contribution in [0.4, 0.5) is 0 Å². The highest BCUT2D eigenvalue weighted by molar-refractivity contribution is 5.72. The Kier molecular flexibility index (Phi) is 7.44. The monoisotopic (exact) mass is 243 g/mol. The molecule has 0 aliphatic carbocycles. The Bertz CT molecular complexity index is 219. The zero-order valence-corrected chi connectivity index (χ0v) is 12.4. The molecule has 0 heterocycles. The molecular weight excluding hydrogens is 214 g/mol. The van der Waals surface area contributed by atoms with Crippen molar-refractivity contribution in [3.8, 4) is 0 Å². The lowest BCUT2D eigenvalue weighted by atomic mass is 10.1. The van der Waals surface area contributed by atoms with E-state index in [1.807, 2.05) is 20.8 Å². The number of carbonyl (C=O) groups is 1. The van der Waals surface area contributed by atoms with Gasteiger partial charge in [0.1, 0.15) is 5.60 Å². The first-order chi connectivity index (χ1) is 7.74. The molecule has 0 rings (SSSR count). The van der Waals surface area contributed by atoms with Crippen molar-refractivity contribution in [2.24, 2.45) is 5.92 Å². The highest BCUT2D eigenvalue weighted by Crippen LogP contribution is 2.08. The van der Waals surface area contributed by atoms with Crippen molar-refractivity contribution >= 4 is 5.97 Å². The van der Waals surface area contributed by atoms with E-state index in [9.17, 15) is 4.79 Å². The summed E-state index contributed by atoms with van der Waals surface area (Å²) in [5.41, 5.74) is -0.382. The number of rotatable bonds is 7. The molecule has 0 atom stereocenters. The van der Waals surface area contributed by atoms with E-state index in [2.05, 4.69) is 25.7 Å². The minimum atomic E-state index is -0.382. The molecule has 0 saturated carbocycles. The average Bonchev–Trinajstić information content (AvgIpc) is 2.11. The number of nitrogens with zero attached hydrogens (tertiary/aromatic N) is 1. The van der Waals surface area contributed by atoms with E-state index in [4.69, 9.17) is 4.74 Å². The maximum Gasteiger partial charge on any atom is 0.320 e. The van der Waals surface area contributed by atoms with Gasteiger partial charge in [0.05, 0.1) is 6.54 Å². The molecule has 3 nitrogen and oxygen atoms in total. The van der Waals surface area contributed by atoms with E-state index in [1.54, 1.807) is 0 Å². The van der Waals surface area contributed by atoms with E-state index in [0.29, 0.717) is 12.5 Å². The van der Waals surface area contributed by atoms with Gasteiger partial charge in [-0.1, -0.05) is 20.8 Å². The molecule has 0 unspecified atom stereocenters. The normalized spacial score (nSPS) is 12.2. The maximum atomic E-state index is 11.7. The van der Waals surface area contributed by atoms with Gasteiger partial charge in [0.25, 0.3) is 0 Å². The molecular formula is C14H29NO2. The predicted molar refractivity (Wildman–Crippen MR) is 72.0 cm³/mol. The third-order valence-corrected chi connectivity index (χ3v) is 2.34. The van der Waals surface area contributed by atoms with Gasteiger partial charge in [0, 0.05) is 0 Å². The molecule has 17 heavy (non-hydrogen) atoms. The maximum absolute atomic E-state index is 11.7. The summed E-state index contributed by atoms with van der Waals surface area (Å²) in [5.74, 6) is 0.558. The molecule has 102 valence electrons. The summed E-state index contributed by atoms with van der Waals surface area (Å²) in [7, 11) is 0. The van der Waals surface area contributed by atoms with Crippen LogP contribution in [0.1, 0.15) is 54.4 Å². The first-order valence-electron chi connectivity index (χ1n) is 6.68. The van der Waals surface area contributed by atoms with Crippen molar-refractivity contribution in [2.45, 2.75) is 60.0 Å². The largest absolute Gasteiger partial charge is 0.459 e. The molecule has 0 spiro atoms.